The number of anilines is 1. The van der Waals surface area contributed by atoms with E-state index in [2.05, 4.69) is 62.5 Å². The highest BCUT2D eigenvalue weighted by molar-refractivity contribution is 5.54. The highest BCUT2D eigenvalue weighted by atomic mass is 16.5. The predicted molar refractivity (Wildman–Crippen MR) is 90.1 cm³/mol. The van der Waals surface area contributed by atoms with Gasteiger partial charge in [0.25, 0.3) is 0 Å². The Morgan fingerprint density at radius 3 is 2.62 bits per heavy atom. The number of unbranched alkanes of at least 4 members (excludes halogenated alkanes) is 1. The number of rotatable bonds is 7. The van der Waals surface area contributed by atoms with Gasteiger partial charge in [0.2, 0.25) is 0 Å². The average molecular weight is 283 g/mol. The standard InChI is InChI=1S/C19H25NO/c1-4-5-13-21-19-12-7-6-10-17(19)14-20-18-11-8-9-15(2)16(18)3/h6-12,20H,4-5,13-14H2,1-3H3. The molecule has 2 heteroatoms. The van der Waals surface area contributed by atoms with E-state index >= 15 is 0 Å². The summed E-state index contributed by atoms with van der Waals surface area (Å²) in [5.41, 5.74) is 5.02. The van der Waals surface area contributed by atoms with Crippen molar-refractivity contribution in [1.29, 1.82) is 0 Å². The zero-order valence-corrected chi connectivity index (χ0v) is 13.3. The van der Waals surface area contributed by atoms with Crippen molar-refractivity contribution >= 4 is 5.69 Å². The second-order valence-corrected chi connectivity index (χ2v) is 5.41. The molecule has 0 spiro atoms. The van der Waals surface area contributed by atoms with Crippen molar-refractivity contribution in [3.05, 3.63) is 59.2 Å². The second kappa shape index (κ2) is 7.72. The van der Waals surface area contributed by atoms with Crippen molar-refractivity contribution in [3.8, 4) is 5.75 Å². The van der Waals surface area contributed by atoms with E-state index in [-0.39, 0.29) is 0 Å². The molecular weight excluding hydrogens is 258 g/mol. The third kappa shape index (κ3) is 4.25. The van der Waals surface area contributed by atoms with Gasteiger partial charge in [-0.3, -0.25) is 0 Å². The van der Waals surface area contributed by atoms with Gasteiger partial charge >= 0.3 is 0 Å². The zero-order chi connectivity index (χ0) is 15.1. The lowest BCUT2D eigenvalue weighted by atomic mass is 10.1. The first kappa shape index (κ1) is 15.4. The molecule has 2 nitrogen and oxygen atoms in total. The number of benzene rings is 2. The fraction of sp³-hybridized carbons (Fsp3) is 0.368. The Balaban J connectivity index is 2.04. The SMILES string of the molecule is CCCCOc1ccccc1CNc1cccc(C)c1C. The second-order valence-electron chi connectivity index (χ2n) is 5.41. The molecule has 0 saturated heterocycles. The van der Waals surface area contributed by atoms with E-state index in [1.54, 1.807) is 0 Å². The first-order valence-corrected chi connectivity index (χ1v) is 7.73. The van der Waals surface area contributed by atoms with Gasteiger partial charge in [-0.1, -0.05) is 43.7 Å². The van der Waals surface area contributed by atoms with E-state index in [0.29, 0.717) is 0 Å². The molecule has 0 unspecified atom stereocenters. The number of ether oxygens (including phenoxy) is 1. The molecule has 0 aliphatic carbocycles. The Hall–Kier alpha value is -1.96. The van der Waals surface area contributed by atoms with E-state index in [1.165, 1.54) is 22.4 Å². The van der Waals surface area contributed by atoms with Gasteiger partial charge in [0.15, 0.2) is 0 Å². The molecule has 0 amide bonds. The molecule has 1 N–H and O–H groups in total. The summed E-state index contributed by atoms with van der Waals surface area (Å²) in [6.07, 6.45) is 2.25. The van der Waals surface area contributed by atoms with Gasteiger partial charge in [-0.25, -0.2) is 0 Å². The summed E-state index contributed by atoms with van der Waals surface area (Å²) >= 11 is 0. The fourth-order valence-electron chi connectivity index (χ4n) is 2.25. The monoisotopic (exact) mass is 283 g/mol. The lowest BCUT2D eigenvalue weighted by molar-refractivity contribution is 0.306. The van der Waals surface area contributed by atoms with E-state index in [1.807, 2.05) is 6.07 Å². The molecule has 2 aromatic carbocycles. The molecule has 112 valence electrons. The number of aryl methyl sites for hydroxylation is 1. The summed E-state index contributed by atoms with van der Waals surface area (Å²) in [5.74, 6) is 0.990. The van der Waals surface area contributed by atoms with Crippen LogP contribution in [-0.4, -0.2) is 6.61 Å². The number of para-hydroxylation sites is 1. The van der Waals surface area contributed by atoms with Crippen LogP contribution >= 0.6 is 0 Å². The van der Waals surface area contributed by atoms with Crippen LogP contribution in [0.5, 0.6) is 5.75 Å². The van der Waals surface area contributed by atoms with Crippen LogP contribution in [0, 0.1) is 13.8 Å². The lowest BCUT2D eigenvalue weighted by Crippen LogP contribution is -2.05. The quantitative estimate of drug-likeness (QED) is 0.714. The minimum Gasteiger partial charge on any atom is -0.493 e. The van der Waals surface area contributed by atoms with Crippen molar-refractivity contribution < 1.29 is 4.74 Å². The van der Waals surface area contributed by atoms with Crippen LogP contribution in [0.4, 0.5) is 5.69 Å². The summed E-state index contributed by atoms with van der Waals surface area (Å²) in [7, 11) is 0. The van der Waals surface area contributed by atoms with Crippen LogP contribution < -0.4 is 10.1 Å². The Morgan fingerprint density at radius 2 is 1.81 bits per heavy atom. The largest absolute Gasteiger partial charge is 0.493 e. The van der Waals surface area contributed by atoms with Gasteiger partial charge in [0.05, 0.1) is 6.61 Å². The highest BCUT2D eigenvalue weighted by Gasteiger charge is 2.04. The van der Waals surface area contributed by atoms with Crippen LogP contribution in [-0.2, 0) is 6.54 Å². The normalized spacial score (nSPS) is 10.4. The van der Waals surface area contributed by atoms with E-state index in [0.717, 1.165) is 31.7 Å². The minimum absolute atomic E-state index is 0.784. The maximum Gasteiger partial charge on any atom is 0.124 e. The summed E-state index contributed by atoms with van der Waals surface area (Å²) in [6.45, 7) is 8.05. The highest BCUT2D eigenvalue weighted by Crippen LogP contribution is 2.22. The van der Waals surface area contributed by atoms with Crippen molar-refractivity contribution in [2.75, 3.05) is 11.9 Å². The molecule has 21 heavy (non-hydrogen) atoms. The Labute approximate surface area is 128 Å². The van der Waals surface area contributed by atoms with Crippen molar-refractivity contribution in [1.82, 2.24) is 0 Å². The number of hydrogen-bond donors (Lipinski definition) is 1. The number of hydrogen-bond acceptors (Lipinski definition) is 2. The molecule has 0 bridgehead atoms. The average Bonchev–Trinajstić information content (AvgIpc) is 2.50. The first-order chi connectivity index (χ1) is 10.2. The van der Waals surface area contributed by atoms with Gasteiger partial charge in [-0.15, -0.1) is 0 Å². The smallest absolute Gasteiger partial charge is 0.124 e. The van der Waals surface area contributed by atoms with E-state index < -0.39 is 0 Å². The van der Waals surface area contributed by atoms with Gasteiger partial charge in [0.1, 0.15) is 5.75 Å². The van der Waals surface area contributed by atoms with Crippen LogP contribution in [0.25, 0.3) is 0 Å². The first-order valence-electron chi connectivity index (χ1n) is 7.73. The van der Waals surface area contributed by atoms with Crippen LogP contribution in [0.2, 0.25) is 0 Å². The topological polar surface area (TPSA) is 21.3 Å². The van der Waals surface area contributed by atoms with Crippen molar-refractivity contribution in [2.24, 2.45) is 0 Å². The summed E-state index contributed by atoms with van der Waals surface area (Å²) < 4.78 is 5.88. The third-order valence-electron chi connectivity index (χ3n) is 3.80. The molecular formula is C19H25NO. The van der Waals surface area contributed by atoms with Crippen LogP contribution in [0.15, 0.2) is 42.5 Å². The maximum atomic E-state index is 5.88. The van der Waals surface area contributed by atoms with Crippen LogP contribution in [0.1, 0.15) is 36.5 Å². The predicted octanol–water partition coefficient (Wildman–Crippen LogP) is 5.09. The van der Waals surface area contributed by atoms with Gasteiger partial charge < -0.3 is 10.1 Å². The summed E-state index contributed by atoms with van der Waals surface area (Å²) in [4.78, 5) is 0. The zero-order valence-electron chi connectivity index (χ0n) is 13.3. The Morgan fingerprint density at radius 1 is 1.00 bits per heavy atom. The summed E-state index contributed by atoms with van der Waals surface area (Å²) in [6, 6.07) is 14.6. The Bertz CT molecular complexity index is 578. The van der Waals surface area contributed by atoms with Gasteiger partial charge in [-0.2, -0.15) is 0 Å². The molecule has 0 aliphatic heterocycles. The molecule has 0 radical (unpaired) electrons. The van der Waals surface area contributed by atoms with Crippen molar-refractivity contribution in [2.45, 2.75) is 40.2 Å². The molecule has 0 atom stereocenters. The number of nitrogens with one attached hydrogen (secondary N) is 1. The van der Waals surface area contributed by atoms with Crippen LogP contribution in [0.3, 0.4) is 0 Å². The minimum atomic E-state index is 0.784. The Kier molecular flexibility index (Phi) is 5.68. The van der Waals surface area contributed by atoms with Gasteiger partial charge in [0, 0.05) is 17.8 Å². The van der Waals surface area contributed by atoms with E-state index in [9.17, 15) is 0 Å². The van der Waals surface area contributed by atoms with Gasteiger partial charge in [-0.05, 0) is 43.5 Å². The molecule has 2 rings (SSSR count). The maximum absolute atomic E-state index is 5.88. The summed E-state index contributed by atoms with van der Waals surface area (Å²) in [5, 5.41) is 3.52. The molecule has 2 aromatic rings. The lowest BCUT2D eigenvalue weighted by Gasteiger charge is -2.14. The molecule has 0 aromatic heterocycles. The van der Waals surface area contributed by atoms with Crippen molar-refractivity contribution in [3.63, 3.8) is 0 Å². The molecule has 0 aliphatic rings. The van der Waals surface area contributed by atoms with E-state index in [4.69, 9.17) is 4.74 Å². The third-order valence-corrected chi connectivity index (χ3v) is 3.80. The fourth-order valence-corrected chi connectivity index (χ4v) is 2.25. The molecule has 0 fully saturated rings. The molecule has 0 saturated carbocycles. The molecule has 0 heterocycles.